The fraction of sp³-hybridized carbons (Fsp3) is 0.938. The Kier molecular flexibility index (Phi) is 7.52. The number of hydrogen-bond acceptors (Lipinski definition) is 3. The van der Waals surface area contributed by atoms with E-state index in [1.807, 2.05) is 19.0 Å². The number of nitrogens with zero attached hydrogens (tertiary/aromatic N) is 1. The zero-order valence-electron chi connectivity index (χ0n) is 13.5. The molecule has 1 fully saturated rings. The Morgan fingerprint density at radius 2 is 1.95 bits per heavy atom. The third-order valence-electron chi connectivity index (χ3n) is 4.06. The van der Waals surface area contributed by atoms with Crippen LogP contribution in [0.25, 0.3) is 0 Å². The first-order valence-electron chi connectivity index (χ1n) is 8.03. The maximum Gasteiger partial charge on any atom is 0.220 e. The van der Waals surface area contributed by atoms with Crippen molar-refractivity contribution in [3.8, 4) is 0 Å². The molecular weight excluding hydrogens is 252 g/mol. The second-order valence-corrected chi connectivity index (χ2v) is 6.91. The summed E-state index contributed by atoms with van der Waals surface area (Å²) in [5.41, 5.74) is -0.859. The van der Waals surface area contributed by atoms with Gasteiger partial charge in [-0.05, 0) is 39.8 Å². The Hall–Kier alpha value is -0.610. The van der Waals surface area contributed by atoms with Crippen molar-refractivity contribution < 1.29 is 9.90 Å². The van der Waals surface area contributed by atoms with Gasteiger partial charge in [0.1, 0.15) is 0 Å². The summed E-state index contributed by atoms with van der Waals surface area (Å²) < 4.78 is 0. The summed E-state index contributed by atoms with van der Waals surface area (Å²) in [6.07, 6.45) is 9.56. The maximum atomic E-state index is 11.8. The van der Waals surface area contributed by atoms with Crippen LogP contribution in [0.2, 0.25) is 0 Å². The van der Waals surface area contributed by atoms with Crippen molar-refractivity contribution in [1.29, 1.82) is 0 Å². The molecule has 0 aromatic heterocycles. The lowest BCUT2D eigenvalue weighted by molar-refractivity contribution is -0.122. The third-order valence-corrected chi connectivity index (χ3v) is 4.06. The van der Waals surface area contributed by atoms with E-state index in [1.165, 1.54) is 38.5 Å². The normalized spacial score (nSPS) is 19.9. The van der Waals surface area contributed by atoms with Crippen LogP contribution in [0.3, 0.4) is 0 Å². The summed E-state index contributed by atoms with van der Waals surface area (Å²) in [5.74, 6) is 0.910. The van der Waals surface area contributed by atoms with Gasteiger partial charge in [-0.25, -0.2) is 0 Å². The van der Waals surface area contributed by atoms with Crippen LogP contribution in [0.4, 0.5) is 0 Å². The molecular formula is C16H32N2O2. The van der Waals surface area contributed by atoms with Crippen LogP contribution in [0.5, 0.6) is 0 Å². The largest absolute Gasteiger partial charge is 0.387 e. The summed E-state index contributed by atoms with van der Waals surface area (Å²) in [4.78, 5) is 13.7. The first-order valence-corrected chi connectivity index (χ1v) is 8.03. The second-order valence-electron chi connectivity index (χ2n) is 6.91. The van der Waals surface area contributed by atoms with Gasteiger partial charge in [-0.3, -0.25) is 4.79 Å². The highest BCUT2D eigenvalue weighted by Gasteiger charge is 2.22. The minimum Gasteiger partial charge on any atom is -0.387 e. The minimum absolute atomic E-state index is 0.0693. The van der Waals surface area contributed by atoms with Crippen molar-refractivity contribution in [2.45, 2.75) is 63.9 Å². The van der Waals surface area contributed by atoms with Crippen LogP contribution in [0.1, 0.15) is 58.3 Å². The van der Waals surface area contributed by atoms with Crippen LogP contribution in [-0.2, 0) is 4.79 Å². The number of carbonyl (C=O) groups is 1. The average molecular weight is 284 g/mol. The number of hydrogen-bond donors (Lipinski definition) is 2. The van der Waals surface area contributed by atoms with E-state index in [0.717, 1.165) is 12.3 Å². The van der Waals surface area contributed by atoms with E-state index < -0.39 is 5.60 Å². The van der Waals surface area contributed by atoms with Crippen molar-refractivity contribution in [3.05, 3.63) is 0 Å². The Labute approximate surface area is 123 Å². The molecule has 0 bridgehead atoms. The lowest BCUT2D eigenvalue weighted by Crippen LogP contribution is -2.47. The van der Waals surface area contributed by atoms with Gasteiger partial charge < -0.3 is 15.3 Å². The molecule has 0 radical (unpaired) electrons. The molecule has 1 saturated carbocycles. The zero-order chi connectivity index (χ0) is 15.0. The molecule has 0 aromatic carbocycles. The number of rotatable bonds is 8. The van der Waals surface area contributed by atoms with Crippen LogP contribution >= 0.6 is 0 Å². The fourth-order valence-corrected chi connectivity index (χ4v) is 3.14. The van der Waals surface area contributed by atoms with Gasteiger partial charge in [0.2, 0.25) is 5.91 Å². The molecule has 0 heterocycles. The van der Waals surface area contributed by atoms with E-state index in [4.69, 9.17) is 0 Å². The van der Waals surface area contributed by atoms with Gasteiger partial charge in [-0.15, -0.1) is 0 Å². The topological polar surface area (TPSA) is 52.6 Å². The standard InChI is InChI=1S/C16H32N2O2/c1-16(20,13-18(2)3)12-17-15(19)11-7-10-14-8-5-4-6-9-14/h14,20H,4-13H2,1-3H3,(H,17,19). The average Bonchev–Trinajstić information content (AvgIpc) is 2.36. The van der Waals surface area contributed by atoms with Crippen LogP contribution in [0, 0.1) is 5.92 Å². The van der Waals surface area contributed by atoms with Crippen LogP contribution in [0.15, 0.2) is 0 Å². The van der Waals surface area contributed by atoms with Crippen molar-refractivity contribution in [2.24, 2.45) is 5.92 Å². The predicted molar refractivity (Wildman–Crippen MR) is 82.6 cm³/mol. The second kappa shape index (κ2) is 8.63. The summed E-state index contributed by atoms with van der Waals surface area (Å²) in [5, 5.41) is 13.0. The van der Waals surface area contributed by atoms with E-state index in [0.29, 0.717) is 19.5 Å². The van der Waals surface area contributed by atoms with Crippen molar-refractivity contribution in [1.82, 2.24) is 10.2 Å². The van der Waals surface area contributed by atoms with Gasteiger partial charge in [0.15, 0.2) is 0 Å². The Balaban J connectivity index is 2.10. The molecule has 0 aromatic rings. The smallest absolute Gasteiger partial charge is 0.220 e. The van der Waals surface area contributed by atoms with E-state index in [9.17, 15) is 9.90 Å². The molecule has 1 amide bonds. The fourth-order valence-electron chi connectivity index (χ4n) is 3.14. The first kappa shape index (κ1) is 17.4. The molecule has 0 spiro atoms. The van der Waals surface area contributed by atoms with Crippen LogP contribution < -0.4 is 5.32 Å². The van der Waals surface area contributed by atoms with Gasteiger partial charge in [-0.1, -0.05) is 32.1 Å². The number of carbonyl (C=O) groups excluding carboxylic acids is 1. The summed E-state index contributed by atoms with van der Waals surface area (Å²) in [6, 6.07) is 0. The van der Waals surface area contributed by atoms with Crippen LogP contribution in [-0.4, -0.2) is 48.7 Å². The quantitative estimate of drug-likeness (QED) is 0.718. The van der Waals surface area contributed by atoms with Gasteiger partial charge in [0.05, 0.1) is 5.60 Å². The molecule has 0 saturated heterocycles. The minimum atomic E-state index is -0.859. The molecule has 1 rings (SSSR count). The highest BCUT2D eigenvalue weighted by Crippen LogP contribution is 2.27. The number of aliphatic hydroxyl groups is 1. The van der Waals surface area contributed by atoms with Gasteiger partial charge in [0, 0.05) is 19.5 Å². The summed E-state index contributed by atoms with van der Waals surface area (Å²) in [6.45, 7) is 2.64. The van der Waals surface area contributed by atoms with Crippen molar-refractivity contribution >= 4 is 5.91 Å². The van der Waals surface area contributed by atoms with Gasteiger partial charge in [-0.2, -0.15) is 0 Å². The zero-order valence-corrected chi connectivity index (χ0v) is 13.5. The Morgan fingerprint density at radius 1 is 1.30 bits per heavy atom. The van der Waals surface area contributed by atoms with E-state index in [2.05, 4.69) is 5.32 Å². The van der Waals surface area contributed by atoms with Gasteiger partial charge in [0.25, 0.3) is 0 Å². The number of amides is 1. The Bertz CT molecular complexity index is 284. The maximum absolute atomic E-state index is 11.8. The Morgan fingerprint density at radius 3 is 2.55 bits per heavy atom. The van der Waals surface area contributed by atoms with E-state index in [1.54, 1.807) is 6.92 Å². The molecule has 0 aliphatic heterocycles. The molecule has 20 heavy (non-hydrogen) atoms. The third kappa shape index (κ3) is 7.85. The molecule has 2 N–H and O–H groups in total. The molecule has 4 heteroatoms. The summed E-state index contributed by atoms with van der Waals surface area (Å²) >= 11 is 0. The first-order chi connectivity index (χ1) is 9.39. The lowest BCUT2D eigenvalue weighted by Gasteiger charge is -2.27. The molecule has 118 valence electrons. The molecule has 1 aliphatic carbocycles. The SMILES string of the molecule is CN(C)CC(C)(O)CNC(=O)CCCC1CCCCC1. The molecule has 1 atom stereocenters. The molecule has 4 nitrogen and oxygen atoms in total. The van der Waals surface area contributed by atoms with Crippen molar-refractivity contribution in [3.63, 3.8) is 0 Å². The molecule has 1 aliphatic rings. The van der Waals surface area contributed by atoms with E-state index in [-0.39, 0.29) is 5.91 Å². The highest BCUT2D eigenvalue weighted by atomic mass is 16.3. The predicted octanol–water partition coefficient (Wildman–Crippen LogP) is 2.17. The molecule has 1 unspecified atom stereocenters. The summed E-state index contributed by atoms with van der Waals surface area (Å²) in [7, 11) is 3.83. The monoisotopic (exact) mass is 284 g/mol. The van der Waals surface area contributed by atoms with Crippen molar-refractivity contribution in [2.75, 3.05) is 27.2 Å². The van der Waals surface area contributed by atoms with E-state index >= 15 is 0 Å². The lowest BCUT2D eigenvalue weighted by atomic mass is 9.86. The van der Waals surface area contributed by atoms with Gasteiger partial charge >= 0.3 is 0 Å². The number of likely N-dealkylation sites (N-methyl/N-ethyl adjacent to an activating group) is 1. The number of nitrogens with one attached hydrogen (secondary N) is 1. The highest BCUT2D eigenvalue weighted by molar-refractivity contribution is 5.75.